The number of carbonyl (C=O) groups is 1. The van der Waals surface area contributed by atoms with E-state index in [1.807, 2.05) is 4.90 Å². The Morgan fingerprint density at radius 3 is 3.00 bits per heavy atom. The van der Waals surface area contributed by atoms with E-state index in [0.717, 1.165) is 25.8 Å². The van der Waals surface area contributed by atoms with Crippen LogP contribution < -0.4 is 5.73 Å². The lowest BCUT2D eigenvalue weighted by molar-refractivity contribution is -0.132. The molecular formula is C18H27ClN2O2. The molecule has 0 radical (unpaired) electrons. The van der Waals surface area contributed by atoms with Gasteiger partial charge < -0.3 is 15.4 Å². The van der Waals surface area contributed by atoms with E-state index in [0.29, 0.717) is 32.0 Å². The van der Waals surface area contributed by atoms with Crippen LogP contribution in [0.3, 0.4) is 0 Å². The van der Waals surface area contributed by atoms with Gasteiger partial charge in [0, 0.05) is 32.7 Å². The standard InChI is InChI=1S/C18H26N2O2.ClH/c19-12-16-13-20(10-3-11-22-16)18(21)9-8-15-7-6-14-4-1-2-5-17(14)15;/h1-2,4-5,15-16H,3,6-13,19H2;1H. The SMILES string of the molecule is Cl.NCC1CN(C(=O)CCC2CCc3ccccc32)CCCO1. The minimum absolute atomic E-state index is 0. The first-order valence-corrected chi connectivity index (χ1v) is 8.45. The van der Waals surface area contributed by atoms with E-state index in [-0.39, 0.29) is 24.4 Å². The molecule has 2 aliphatic rings. The minimum Gasteiger partial charge on any atom is -0.375 e. The van der Waals surface area contributed by atoms with Crippen LogP contribution >= 0.6 is 12.4 Å². The van der Waals surface area contributed by atoms with Crippen molar-refractivity contribution >= 4 is 18.3 Å². The molecule has 0 saturated carbocycles. The Morgan fingerprint density at radius 2 is 2.17 bits per heavy atom. The second-order valence-corrected chi connectivity index (χ2v) is 6.39. The van der Waals surface area contributed by atoms with Gasteiger partial charge in [0.2, 0.25) is 5.91 Å². The predicted molar refractivity (Wildman–Crippen MR) is 94.0 cm³/mol. The fourth-order valence-electron chi connectivity index (χ4n) is 3.67. The highest BCUT2D eigenvalue weighted by molar-refractivity contribution is 5.85. The van der Waals surface area contributed by atoms with Crippen molar-refractivity contribution in [2.45, 2.75) is 44.1 Å². The molecule has 1 amide bonds. The summed E-state index contributed by atoms with van der Waals surface area (Å²) in [7, 11) is 0. The first kappa shape index (κ1) is 18.2. The molecule has 1 aromatic rings. The molecule has 1 aromatic carbocycles. The van der Waals surface area contributed by atoms with Crippen LogP contribution in [0.1, 0.15) is 42.7 Å². The number of nitrogens with two attached hydrogens (primary N) is 1. The van der Waals surface area contributed by atoms with Crippen LogP contribution in [0.2, 0.25) is 0 Å². The number of benzene rings is 1. The molecule has 0 spiro atoms. The molecule has 128 valence electrons. The van der Waals surface area contributed by atoms with E-state index in [4.69, 9.17) is 10.5 Å². The van der Waals surface area contributed by atoms with E-state index in [1.54, 1.807) is 0 Å². The van der Waals surface area contributed by atoms with Gasteiger partial charge in [-0.3, -0.25) is 4.79 Å². The monoisotopic (exact) mass is 338 g/mol. The molecule has 1 saturated heterocycles. The Bertz CT molecular complexity index is 523. The molecule has 2 N–H and O–H groups in total. The Balaban J connectivity index is 0.00000192. The van der Waals surface area contributed by atoms with Crippen LogP contribution in [0.5, 0.6) is 0 Å². The van der Waals surface area contributed by atoms with Gasteiger partial charge in [-0.25, -0.2) is 0 Å². The quantitative estimate of drug-likeness (QED) is 0.917. The van der Waals surface area contributed by atoms with Crippen molar-refractivity contribution in [3.63, 3.8) is 0 Å². The normalized spacial score (nSPS) is 23.8. The van der Waals surface area contributed by atoms with Crippen molar-refractivity contribution in [2.75, 3.05) is 26.2 Å². The van der Waals surface area contributed by atoms with E-state index >= 15 is 0 Å². The fraction of sp³-hybridized carbons (Fsp3) is 0.611. The smallest absolute Gasteiger partial charge is 0.222 e. The highest BCUT2D eigenvalue weighted by atomic mass is 35.5. The summed E-state index contributed by atoms with van der Waals surface area (Å²) >= 11 is 0. The number of aryl methyl sites for hydroxylation is 1. The van der Waals surface area contributed by atoms with Crippen molar-refractivity contribution in [3.8, 4) is 0 Å². The molecule has 4 nitrogen and oxygen atoms in total. The first-order chi connectivity index (χ1) is 10.8. The molecule has 5 heteroatoms. The summed E-state index contributed by atoms with van der Waals surface area (Å²) in [5, 5.41) is 0. The number of nitrogens with zero attached hydrogens (tertiary/aromatic N) is 1. The highest BCUT2D eigenvalue weighted by Crippen LogP contribution is 2.36. The summed E-state index contributed by atoms with van der Waals surface area (Å²) in [6, 6.07) is 8.66. The van der Waals surface area contributed by atoms with E-state index < -0.39 is 0 Å². The van der Waals surface area contributed by atoms with Crippen molar-refractivity contribution in [2.24, 2.45) is 5.73 Å². The summed E-state index contributed by atoms with van der Waals surface area (Å²) in [6.45, 7) is 2.65. The van der Waals surface area contributed by atoms with Crippen molar-refractivity contribution in [1.29, 1.82) is 0 Å². The largest absolute Gasteiger partial charge is 0.375 e. The maximum atomic E-state index is 12.5. The lowest BCUT2D eigenvalue weighted by atomic mass is 9.96. The van der Waals surface area contributed by atoms with Gasteiger partial charge in [-0.05, 0) is 42.7 Å². The summed E-state index contributed by atoms with van der Waals surface area (Å²) in [6.07, 6.45) is 4.84. The molecule has 1 aliphatic heterocycles. The van der Waals surface area contributed by atoms with Gasteiger partial charge in [-0.1, -0.05) is 24.3 Å². The summed E-state index contributed by atoms with van der Waals surface area (Å²) in [5.74, 6) is 0.807. The third-order valence-corrected chi connectivity index (χ3v) is 4.93. The molecule has 2 unspecified atom stereocenters. The number of hydrogen-bond acceptors (Lipinski definition) is 3. The Hall–Kier alpha value is -1.10. The molecule has 2 atom stereocenters. The summed E-state index contributed by atoms with van der Waals surface area (Å²) in [4.78, 5) is 14.5. The maximum absolute atomic E-state index is 12.5. The lowest BCUT2D eigenvalue weighted by Crippen LogP contribution is -2.39. The molecule has 23 heavy (non-hydrogen) atoms. The van der Waals surface area contributed by atoms with Gasteiger partial charge >= 0.3 is 0 Å². The molecule has 3 rings (SSSR count). The third-order valence-electron chi connectivity index (χ3n) is 4.93. The second-order valence-electron chi connectivity index (χ2n) is 6.39. The Kier molecular flexibility index (Phi) is 6.88. The zero-order valence-electron chi connectivity index (χ0n) is 13.6. The summed E-state index contributed by atoms with van der Waals surface area (Å²) < 4.78 is 5.64. The average Bonchev–Trinajstić information content (AvgIpc) is 2.80. The van der Waals surface area contributed by atoms with Crippen molar-refractivity contribution < 1.29 is 9.53 Å². The molecule has 1 fully saturated rings. The van der Waals surface area contributed by atoms with Crippen LogP contribution in [0, 0.1) is 0 Å². The van der Waals surface area contributed by atoms with Gasteiger partial charge in [-0.15, -0.1) is 12.4 Å². The van der Waals surface area contributed by atoms with Gasteiger partial charge in [0.25, 0.3) is 0 Å². The van der Waals surface area contributed by atoms with Crippen LogP contribution in [-0.2, 0) is 16.0 Å². The number of amides is 1. The van der Waals surface area contributed by atoms with Crippen molar-refractivity contribution in [3.05, 3.63) is 35.4 Å². The van der Waals surface area contributed by atoms with Crippen LogP contribution in [0.15, 0.2) is 24.3 Å². The zero-order valence-corrected chi connectivity index (χ0v) is 14.4. The molecule has 1 aliphatic carbocycles. The number of rotatable bonds is 4. The maximum Gasteiger partial charge on any atom is 0.222 e. The van der Waals surface area contributed by atoms with Crippen molar-refractivity contribution in [1.82, 2.24) is 4.90 Å². The van der Waals surface area contributed by atoms with Gasteiger partial charge in [0.15, 0.2) is 0 Å². The molecular weight excluding hydrogens is 312 g/mol. The van der Waals surface area contributed by atoms with Gasteiger partial charge in [0.05, 0.1) is 6.10 Å². The van der Waals surface area contributed by atoms with E-state index in [1.165, 1.54) is 17.5 Å². The zero-order chi connectivity index (χ0) is 15.4. The second kappa shape index (κ2) is 8.67. The first-order valence-electron chi connectivity index (χ1n) is 8.45. The lowest BCUT2D eigenvalue weighted by Gasteiger charge is -2.24. The number of ether oxygens (including phenoxy) is 1. The topological polar surface area (TPSA) is 55.6 Å². The number of hydrogen-bond donors (Lipinski definition) is 1. The van der Waals surface area contributed by atoms with E-state index in [9.17, 15) is 4.79 Å². The van der Waals surface area contributed by atoms with Crippen LogP contribution in [0.4, 0.5) is 0 Å². The highest BCUT2D eigenvalue weighted by Gasteiger charge is 2.25. The molecule has 0 aromatic heterocycles. The minimum atomic E-state index is -0.00124. The van der Waals surface area contributed by atoms with E-state index in [2.05, 4.69) is 24.3 Å². The van der Waals surface area contributed by atoms with Gasteiger partial charge in [-0.2, -0.15) is 0 Å². The van der Waals surface area contributed by atoms with Crippen LogP contribution in [-0.4, -0.2) is 43.2 Å². The number of carbonyl (C=O) groups excluding carboxylic acids is 1. The third kappa shape index (κ3) is 4.46. The fourth-order valence-corrected chi connectivity index (χ4v) is 3.67. The van der Waals surface area contributed by atoms with Gasteiger partial charge in [0.1, 0.15) is 0 Å². The number of fused-ring (bicyclic) bond motifs is 1. The molecule has 0 bridgehead atoms. The van der Waals surface area contributed by atoms with Crippen LogP contribution in [0.25, 0.3) is 0 Å². The Morgan fingerprint density at radius 1 is 1.35 bits per heavy atom. The predicted octanol–water partition coefficient (Wildman–Crippen LogP) is 2.49. The Labute approximate surface area is 144 Å². The molecule has 1 heterocycles. The summed E-state index contributed by atoms with van der Waals surface area (Å²) in [5.41, 5.74) is 8.62. The number of halogens is 1. The average molecular weight is 339 g/mol.